The molecule has 1 nitrogen and oxygen atoms in total. The topological polar surface area (TPSA) is 3.24 Å². The fourth-order valence-corrected chi connectivity index (χ4v) is 12.6. The molecular formula is C18H29NSn. The molecule has 0 aromatic heterocycles. The Bertz CT molecular complexity index is 531. The van der Waals surface area contributed by atoms with Gasteiger partial charge in [-0.3, -0.25) is 0 Å². The molecule has 0 spiro atoms. The summed E-state index contributed by atoms with van der Waals surface area (Å²) in [6.45, 7) is 2.51. The third-order valence-corrected chi connectivity index (χ3v) is 16.7. The molecule has 110 valence electrons. The van der Waals surface area contributed by atoms with Gasteiger partial charge in [0.1, 0.15) is 0 Å². The van der Waals surface area contributed by atoms with E-state index in [1.807, 2.05) is 0 Å². The van der Waals surface area contributed by atoms with Gasteiger partial charge in [0, 0.05) is 0 Å². The van der Waals surface area contributed by atoms with E-state index >= 15 is 0 Å². The Morgan fingerprint density at radius 1 is 0.950 bits per heavy atom. The predicted molar refractivity (Wildman–Crippen MR) is 91.6 cm³/mol. The molecule has 2 heteroatoms. The molecule has 0 unspecified atom stereocenters. The van der Waals surface area contributed by atoms with Gasteiger partial charge in [-0.25, -0.2) is 0 Å². The average Bonchev–Trinajstić information content (AvgIpc) is 2.38. The Balaban J connectivity index is 2.23. The van der Waals surface area contributed by atoms with Crippen molar-refractivity contribution in [2.24, 2.45) is 0 Å². The Kier molecular flexibility index (Phi) is 3.25. The first kappa shape index (κ1) is 14.7. The van der Waals surface area contributed by atoms with Crippen molar-refractivity contribution >= 4 is 24.1 Å². The van der Waals surface area contributed by atoms with Crippen LogP contribution in [0.1, 0.15) is 43.7 Å². The van der Waals surface area contributed by atoms with Gasteiger partial charge in [-0.1, -0.05) is 0 Å². The maximum atomic E-state index is 2.65. The second kappa shape index (κ2) is 4.41. The minimum absolute atomic E-state index is 0.445. The van der Waals surface area contributed by atoms with E-state index in [0.717, 1.165) is 0 Å². The standard InChI is InChI=1S/C15H20N.3CH3.Sn/c1-15-8-6-11(7-9-15)13-5-4-12(16(2)3)10-14(13)15;;;;/h4-5,10H,6-9H2,1-3H3;3*1H3;. The quantitative estimate of drug-likeness (QED) is 0.674. The van der Waals surface area contributed by atoms with Crippen LogP contribution >= 0.6 is 0 Å². The van der Waals surface area contributed by atoms with Gasteiger partial charge in [0.05, 0.1) is 0 Å². The van der Waals surface area contributed by atoms with E-state index < -0.39 is 18.4 Å². The predicted octanol–water partition coefficient (Wildman–Crippen LogP) is 4.71. The number of anilines is 1. The maximum absolute atomic E-state index is 2.65. The number of benzene rings is 1. The summed E-state index contributed by atoms with van der Waals surface area (Å²) in [4.78, 5) is 10.2. The van der Waals surface area contributed by atoms with Crippen molar-refractivity contribution in [3.63, 3.8) is 0 Å². The van der Waals surface area contributed by atoms with Crippen LogP contribution in [0.4, 0.5) is 5.69 Å². The summed E-state index contributed by atoms with van der Waals surface area (Å²) in [7, 11) is 4.31. The molecule has 0 radical (unpaired) electrons. The first-order valence-electron chi connectivity index (χ1n) is 8.02. The van der Waals surface area contributed by atoms with Crippen molar-refractivity contribution < 1.29 is 0 Å². The molecule has 4 rings (SSSR count). The van der Waals surface area contributed by atoms with Crippen LogP contribution in [0.25, 0.3) is 0 Å². The monoisotopic (exact) mass is 379 g/mol. The summed E-state index contributed by atoms with van der Waals surface area (Å²) in [5.74, 6) is 0. The fraction of sp³-hybridized carbons (Fsp3) is 0.667. The summed E-state index contributed by atoms with van der Waals surface area (Å²) in [5.41, 5.74) is 5.25. The van der Waals surface area contributed by atoms with Crippen molar-refractivity contribution in [2.75, 3.05) is 19.0 Å². The molecule has 1 aromatic carbocycles. The number of hydrogen-bond donors (Lipinski definition) is 0. The van der Waals surface area contributed by atoms with Gasteiger partial charge in [0.2, 0.25) is 0 Å². The van der Waals surface area contributed by atoms with Crippen LogP contribution in [0.3, 0.4) is 0 Å². The van der Waals surface area contributed by atoms with Crippen LogP contribution in [0.5, 0.6) is 0 Å². The third-order valence-electron chi connectivity index (χ3n) is 6.33. The van der Waals surface area contributed by atoms with Crippen LogP contribution in [0.2, 0.25) is 14.8 Å². The Hall–Kier alpha value is -0.181. The number of nitrogens with zero attached hydrogens (tertiary/aromatic N) is 1. The molecule has 0 heterocycles. The van der Waals surface area contributed by atoms with Crippen molar-refractivity contribution in [3.05, 3.63) is 29.3 Å². The van der Waals surface area contributed by atoms with E-state index in [1.165, 1.54) is 31.4 Å². The second-order valence-electron chi connectivity index (χ2n) is 8.52. The van der Waals surface area contributed by atoms with Gasteiger partial charge in [0.15, 0.2) is 0 Å². The zero-order valence-electron chi connectivity index (χ0n) is 14.0. The molecule has 0 N–H and O–H groups in total. The van der Waals surface area contributed by atoms with Crippen molar-refractivity contribution in [1.29, 1.82) is 0 Å². The molecule has 0 atom stereocenters. The van der Waals surface area contributed by atoms with Crippen molar-refractivity contribution in [1.82, 2.24) is 0 Å². The molecular weight excluding hydrogens is 349 g/mol. The number of hydrogen-bond acceptors (Lipinski definition) is 1. The zero-order valence-corrected chi connectivity index (χ0v) is 16.9. The van der Waals surface area contributed by atoms with Crippen LogP contribution in [0.15, 0.2) is 18.2 Å². The molecule has 3 aliphatic rings. The zero-order chi connectivity index (χ0) is 14.8. The molecule has 1 aromatic rings. The first-order valence-corrected chi connectivity index (χ1v) is 18.0. The number of fused-ring (bicyclic) bond motifs is 2. The Labute approximate surface area is 128 Å². The van der Waals surface area contributed by atoms with Crippen LogP contribution < -0.4 is 4.90 Å². The van der Waals surface area contributed by atoms with E-state index in [4.69, 9.17) is 0 Å². The molecule has 1 saturated carbocycles. The van der Waals surface area contributed by atoms with Crippen molar-refractivity contribution in [3.8, 4) is 0 Å². The SMILES string of the molecule is CN(C)c1ccc2c(c1)C1(C)CC[C]2([Sn]([CH3])([CH3])[CH3])CC1. The van der Waals surface area contributed by atoms with Crippen LogP contribution in [-0.4, -0.2) is 32.5 Å². The van der Waals surface area contributed by atoms with Gasteiger partial charge in [-0.2, -0.15) is 0 Å². The average molecular weight is 378 g/mol. The van der Waals surface area contributed by atoms with Gasteiger partial charge < -0.3 is 0 Å². The summed E-state index contributed by atoms with van der Waals surface area (Å²) in [6.07, 6.45) is 5.73. The molecule has 0 saturated heterocycles. The van der Waals surface area contributed by atoms with E-state index in [0.29, 0.717) is 8.85 Å². The molecule has 1 fully saturated rings. The van der Waals surface area contributed by atoms with Crippen molar-refractivity contribution in [2.45, 2.75) is 56.3 Å². The van der Waals surface area contributed by atoms with E-state index in [2.05, 4.69) is 58.9 Å². The van der Waals surface area contributed by atoms with E-state index in [1.54, 1.807) is 11.1 Å². The summed E-state index contributed by atoms with van der Waals surface area (Å²) in [6, 6.07) is 7.34. The van der Waals surface area contributed by atoms with Gasteiger partial charge in [-0.15, -0.1) is 0 Å². The normalized spacial score (nSPS) is 32.1. The van der Waals surface area contributed by atoms with Crippen LogP contribution in [0, 0.1) is 0 Å². The fourth-order valence-electron chi connectivity index (χ4n) is 4.65. The Morgan fingerprint density at radius 3 is 2.05 bits per heavy atom. The third kappa shape index (κ3) is 1.88. The van der Waals surface area contributed by atoms with E-state index in [9.17, 15) is 0 Å². The summed E-state index contributed by atoms with van der Waals surface area (Å²) in [5, 5.41) is 0. The molecule has 3 aliphatic carbocycles. The molecule has 0 amide bonds. The second-order valence-corrected chi connectivity index (χ2v) is 24.1. The van der Waals surface area contributed by atoms with E-state index in [-0.39, 0.29) is 0 Å². The summed E-state index contributed by atoms with van der Waals surface area (Å²) < 4.78 is 0.604. The van der Waals surface area contributed by atoms with Crippen LogP contribution in [-0.2, 0) is 8.85 Å². The molecule has 20 heavy (non-hydrogen) atoms. The minimum atomic E-state index is -2.01. The summed E-state index contributed by atoms with van der Waals surface area (Å²) >= 11 is -2.01. The molecule has 2 bridgehead atoms. The molecule has 0 aliphatic heterocycles. The number of rotatable bonds is 2. The van der Waals surface area contributed by atoms with Gasteiger partial charge in [-0.05, 0) is 0 Å². The van der Waals surface area contributed by atoms with Gasteiger partial charge in [0.25, 0.3) is 0 Å². The first-order chi connectivity index (χ1) is 9.20. The van der Waals surface area contributed by atoms with Gasteiger partial charge >= 0.3 is 129 Å². The Morgan fingerprint density at radius 2 is 1.55 bits per heavy atom.